The minimum Gasteiger partial charge on any atom is -0.369 e. The molecule has 6 nitrogen and oxygen atoms in total. The number of piperidine rings is 1. The molecular formula is C19H16BrN3O3. The molecule has 0 spiro atoms. The lowest BCUT2D eigenvalue weighted by Crippen LogP contribution is -2.62. The van der Waals surface area contributed by atoms with Crippen molar-refractivity contribution in [1.29, 1.82) is 5.26 Å². The van der Waals surface area contributed by atoms with Crippen molar-refractivity contribution in [2.24, 2.45) is 17.6 Å². The molecule has 0 aliphatic carbocycles. The number of nitriles is 1. The molecule has 2 aromatic carbocycles. The molecule has 4 atom stereocenters. The summed E-state index contributed by atoms with van der Waals surface area (Å²) in [6.45, 7) is 0. The minimum atomic E-state index is -1.94. The zero-order valence-corrected chi connectivity index (χ0v) is 15.2. The van der Waals surface area contributed by atoms with Crippen molar-refractivity contribution in [3.05, 3.63) is 70.2 Å². The van der Waals surface area contributed by atoms with Gasteiger partial charge in [-0.05, 0) is 17.7 Å². The van der Waals surface area contributed by atoms with Crippen LogP contribution in [0.2, 0.25) is 0 Å². The molecule has 0 aromatic heterocycles. The third-order valence-corrected chi connectivity index (χ3v) is 5.15. The molecule has 4 N–H and O–H groups in total. The Morgan fingerprint density at radius 1 is 1.23 bits per heavy atom. The Kier molecular flexibility index (Phi) is 4.81. The smallest absolute Gasteiger partial charge is 0.235 e. The first-order valence-corrected chi connectivity index (χ1v) is 8.72. The Labute approximate surface area is 158 Å². The van der Waals surface area contributed by atoms with E-state index in [0.717, 1.165) is 4.47 Å². The maximum atomic E-state index is 12.7. The molecular weight excluding hydrogens is 398 g/mol. The minimum absolute atomic E-state index is 0.364. The highest BCUT2D eigenvalue weighted by atomic mass is 79.9. The van der Waals surface area contributed by atoms with Crippen molar-refractivity contribution in [2.75, 3.05) is 0 Å². The van der Waals surface area contributed by atoms with Crippen molar-refractivity contribution in [1.82, 2.24) is 5.32 Å². The molecule has 2 aromatic rings. The van der Waals surface area contributed by atoms with Crippen molar-refractivity contribution in [2.45, 2.75) is 11.6 Å². The highest BCUT2D eigenvalue weighted by molar-refractivity contribution is 9.10. The number of nitrogens with zero attached hydrogens (tertiary/aromatic N) is 1. The molecule has 2 amide bonds. The van der Waals surface area contributed by atoms with Gasteiger partial charge in [0.2, 0.25) is 11.8 Å². The number of hydrogen-bond donors (Lipinski definition) is 3. The van der Waals surface area contributed by atoms with E-state index < -0.39 is 35.3 Å². The van der Waals surface area contributed by atoms with Crippen LogP contribution >= 0.6 is 15.9 Å². The topological polar surface area (TPSA) is 116 Å². The number of nitrogens with one attached hydrogen (secondary N) is 1. The van der Waals surface area contributed by atoms with E-state index in [9.17, 15) is 20.0 Å². The standard InChI is InChI=1S/C19H16BrN3O3/c20-13-8-4-5-11(9-13)15-14(10-21)19(26,12-6-2-1-3-7-12)23-18(25)16(15)17(22)24/h1-9,14-16,26H,(H2,22,24)(H,23,25)/t14-,15+,16-,19-/m1/s1. The van der Waals surface area contributed by atoms with Crippen LogP contribution < -0.4 is 11.1 Å². The molecule has 0 saturated carbocycles. The van der Waals surface area contributed by atoms with E-state index in [1.54, 1.807) is 54.6 Å². The van der Waals surface area contributed by atoms with E-state index in [0.29, 0.717) is 11.1 Å². The predicted octanol–water partition coefficient (Wildman–Crippen LogP) is 1.75. The first kappa shape index (κ1) is 18.1. The average Bonchev–Trinajstić information content (AvgIpc) is 2.61. The maximum absolute atomic E-state index is 12.7. The third kappa shape index (κ3) is 2.98. The molecule has 1 saturated heterocycles. The van der Waals surface area contributed by atoms with Gasteiger partial charge in [0.15, 0.2) is 5.72 Å². The van der Waals surface area contributed by atoms with Gasteiger partial charge in [-0.3, -0.25) is 9.59 Å². The van der Waals surface area contributed by atoms with Crippen LogP contribution in [-0.2, 0) is 15.3 Å². The summed E-state index contributed by atoms with van der Waals surface area (Å²) in [5.41, 5.74) is 4.46. The monoisotopic (exact) mass is 413 g/mol. The number of benzene rings is 2. The van der Waals surface area contributed by atoms with E-state index in [1.165, 1.54) is 0 Å². The average molecular weight is 414 g/mol. The lowest BCUT2D eigenvalue weighted by atomic mass is 9.67. The van der Waals surface area contributed by atoms with Gasteiger partial charge in [0.25, 0.3) is 0 Å². The van der Waals surface area contributed by atoms with E-state index >= 15 is 0 Å². The zero-order valence-electron chi connectivity index (χ0n) is 13.6. The lowest BCUT2D eigenvalue weighted by Gasteiger charge is -2.44. The Morgan fingerprint density at radius 2 is 1.92 bits per heavy atom. The van der Waals surface area contributed by atoms with Gasteiger partial charge in [-0.15, -0.1) is 0 Å². The summed E-state index contributed by atoms with van der Waals surface area (Å²) in [5, 5.41) is 23.5. The number of hydrogen-bond acceptors (Lipinski definition) is 4. The number of nitrogens with two attached hydrogens (primary N) is 1. The van der Waals surface area contributed by atoms with Crippen LogP contribution in [0.25, 0.3) is 0 Å². The summed E-state index contributed by atoms with van der Waals surface area (Å²) in [5.74, 6) is -4.83. The number of rotatable bonds is 3. The molecule has 0 unspecified atom stereocenters. The predicted molar refractivity (Wildman–Crippen MR) is 97.2 cm³/mol. The molecule has 7 heteroatoms. The van der Waals surface area contributed by atoms with E-state index in [2.05, 4.69) is 27.3 Å². The van der Waals surface area contributed by atoms with Crippen LogP contribution in [0.15, 0.2) is 59.1 Å². The molecule has 1 aliphatic heterocycles. The van der Waals surface area contributed by atoms with Crippen LogP contribution in [0.3, 0.4) is 0 Å². The van der Waals surface area contributed by atoms with Crippen LogP contribution in [0, 0.1) is 23.2 Å². The first-order valence-electron chi connectivity index (χ1n) is 7.93. The summed E-state index contributed by atoms with van der Waals surface area (Å²) in [7, 11) is 0. The largest absolute Gasteiger partial charge is 0.369 e. The van der Waals surface area contributed by atoms with Crippen LogP contribution in [0.1, 0.15) is 17.0 Å². The zero-order chi connectivity index (χ0) is 18.9. The van der Waals surface area contributed by atoms with Gasteiger partial charge in [0.1, 0.15) is 11.8 Å². The maximum Gasteiger partial charge on any atom is 0.235 e. The number of carbonyl (C=O) groups is 2. The van der Waals surface area contributed by atoms with Crippen LogP contribution in [0.4, 0.5) is 0 Å². The summed E-state index contributed by atoms with van der Waals surface area (Å²) in [6, 6.07) is 17.4. The van der Waals surface area contributed by atoms with Crippen LogP contribution in [0.5, 0.6) is 0 Å². The van der Waals surface area contributed by atoms with Crippen molar-refractivity contribution >= 4 is 27.7 Å². The van der Waals surface area contributed by atoms with Gasteiger partial charge >= 0.3 is 0 Å². The SMILES string of the molecule is N#C[C@@H]1[C@H](c2cccc(Br)c2)[C@H](C(N)=O)C(=O)N[C@@]1(O)c1ccccc1. The molecule has 1 heterocycles. The fraction of sp³-hybridized carbons (Fsp3) is 0.211. The number of carbonyl (C=O) groups excluding carboxylic acids is 2. The Hall–Kier alpha value is -2.69. The lowest BCUT2D eigenvalue weighted by molar-refractivity contribution is -0.153. The Bertz CT molecular complexity index is 896. The van der Waals surface area contributed by atoms with Gasteiger partial charge < -0.3 is 16.2 Å². The highest BCUT2D eigenvalue weighted by Gasteiger charge is 2.55. The second-order valence-corrected chi connectivity index (χ2v) is 7.10. The highest BCUT2D eigenvalue weighted by Crippen LogP contribution is 2.45. The van der Waals surface area contributed by atoms with Crippen molar-refractivity contribution < 1.29 is 14.7 Å². The molecule has 1 fully saturated rings. The second-order valence-electron chi connectivity index (χ2n) is 6.19. The van der Waals surface area contributed by atoms with Gasteiger partial charge in [-0.1, -0.05) is 58.4 Å². The Balaban J connectivity index is 2.20. The molecule has 1 aliphatic rings. The third-order valence-electron chi connectivity index (χ3n) is 4.66. The van der Waals surface area contributed by atoms with Crippen molar-refractivity contribution in [3.63, 3.8) is 0 Å². The Morgan fingerprint density at radius 3 is 2.50 bits per heavy atom. The number of aliphatic hydroxyl groups is 1. The quantitative estimate of drug-likeness (QED) is 0.664. The van der Waals surface area contributed by atoms with E-state index in [-0.39, 0.29) is 0 Å². The molecule has 132 valence electrons. The molecule has 3 rings (SSSR count). The fourth-order valence-electron chi connectivity index (χ4n) is 3.48. The van der Waals surface area contributed by atoms with Crippen molar-refractivity contribution in [3.8, 4) is 6.07 Å². The van der Waals surface area contributed by atoms with Gasteiger partial charge in [0, 0.05) is 16.0 Å². The number of amides is 2. The van der Waals surface area contributed by atoms with E-state index in [4.69, 9.17) is 5.73 Å². The van der Waals surface area contributed by atoms with Crippen LogP contribution in [-0.4, -0.2) is 16.9 Å². The number of halogens is 1. The van der Waals surface area contributed by atoms with Gasteiger partial charge in [-0.2, -0.15) is 5.26 Å². The molecule has 26 heavy (non-hydrogen) atoms. The van der Waals surface area contributed by atoms with E-state index in [1.807, 2.05) is 0 Å². The summed E-state index contributed by atoms with van der Waals surface area (Å²) < 4.78 is 0.726. The second kappa shape index (κ2) is 6.90. The summed E-state index contributed by atoms with van der Waals surface area (Å²) in [6.07, 6.45) is 0. The fourth-order valence-corrected chi connectivity index (χ4v) is 3.90. The molecule has 0 bridgehead atoms. The summed E-state index contributed by atoms with van der Waals surface area (Å²) in [4.78, 5) is 24.7. The van der Waals surface area contributed by atoms with Gasteiger partial charge in [-0.25, -0.2) is 0 Å². The summed E-state index contributed by atoms with van der Waals surface area (Å²) >= 11 is 3.35. The number of primary amides is 1. The first-order chi connectivity index (χ1) is 12.4. The molecule has 0 radical (unpaired) electrons. The normalized spacial score (nSPS) is 28.0. The van der Waals surface area contributed by atoms with Gasteiger partial charge in [0.05, 0.1) is 6.07 Å².